The molecule has 0 bridgehead atoms. The molecule has 0 saturated carbocycles. The van der Waals surface area contributed by atoms with E-state index in [1.807, 2.05) is 24.3 Å². The number of hydrogen-bond acceptors (Lipinski definition) is 2. The summed E-state index contributed by atoms with van der Waals surface area (Å²) in [6, 6.07) is 7.80. The summed E-state index contributed by atoms with van der Waals surface area (Å²) >= 11 is 0. The van der Waals surface area contributed by atoms with E-state index in [0.29, 0.717) is 0 Å². The van der Waals surface area contributed by atoms with Crippen molar-refractivity contribution in [3.05, 3.63) is 35.4 Å². The summed E-state index contributed by atoms with van der Waals surface area (Å²) in [5.41, 5.74) is 1.41. The molecular weight excluding hydrogens is 260 g/mol. The molecular formula is C19H28O2. The van der Waals surface area contributed by atoms with Gasteiger partial charge in [0.15, 0.2) is 0 Å². The maximum absolute atomic E-state index is 11.9. The number of carbonyl (C=O) groups is 1. The molecule has 1 aromatic rings. The molecule has 0 aromatic heterocycles. The molecule has 0 amide bonds. The minimum Gasteiger partial charge on any atom is -0.451 e. The van der Waals surface area contributed by atoms with Crippen LogP contribution in [0.25, 0.3) is 0 Å². The van der Waals surface area contributed by atoms with Gasteiger partial charge in [-0.25, -0.2) is 4.79 Å². The van der Waals surface area contributed by atoms with Crippen LogP contribution in [0.15, 0.2) is 24.3 Å². The molecule has 1 aromatic carbocycles. The van der Waals surface area contributed by atoms with Crippen molar-refractivity contribution in [2.75, 3.05) is 0 Å². The number of cyclic esters (lactones) is 1. The van der Waals surface area contributed by atoms with Gasteiger partial charge in [0.05, 0.1) is 5.56 Å². The van der Waals surface area contributed by atoms with Crippen LogP contribution < -0.4 is 0 Å². The van der Waals surface area contributed by atoms with E-state index in [-0.39, 0.29) is 5.97 Å². The minimum absolute atomic E-state index is 0.160. The van der Waals surface area contributed by atoms with Crippen LogP contribution in [0.3, 0.4) is 0 Å². The monoisotopic (exact) mass is 288 g/mol. The number of hydrogen-bond donors (Lipinski definition) is 0. The first-order chi connectivity index (χ1) is 10.2. The molecule has 1 aliphatic heterocycles. The summed E-state index contributed by atoms with van der Waals surface area (Å²) in [6.07, 6.45) is 11.4. The molecule has 1 unspecified atom stereocenters. The van der Waals surface area contributed by atoms with Crippen LogP contribution in [0.2, 0.25) is 0 Å². The largest absolute Gasteiger partial charge is 0.451 e. The van der Waals surface area contributed by atoms with E-state index >= 15 is 0 Å². The molecule has 0 spiro atoms. The second-order valence-corrected chi connectivity index (χ2v) is 6.39. The third-order valence-electron chi connectivity index (χ3n) is 4.54. The Labute approximate surface area is 128 Å². The van der Waals surface area contributed by atoms with E-state index in [0.717, 1.165) is 24.0 Å². The van der Waals surface area contributed by atoms with Crippen LogP contribution in [0, 0.1) is 0 Å². The lowest BCUT2D eigenvalue weighted by molar-refractivity contribution is -0.00419. The van der Waals surface area contributed by atoms with Gasteiger partial charge in [0.1, 0.15) is 5.60 Å². The van der Waals surface area contributed by atoms with Gasteiger partial charge in [-0.15, -0.1) is 0 Å². The highest BCUT2D eigenvalue weighted by Gasteiger charge is 2.40. The predicted molar refractivity (Wildman–Crippen MR) is 86.4 cm³/mol. The van der Waals surface area contributed by atoms with E-state index in [1.165, 1.54) is 44.9 Å². The number of esters is 1. The molecule has 0 saturated heterocycles. The minimum atomic E-state index is -0.407. The zero-order chi connectivity index (χ0) is 15.1. The lowest BCUT2D eigenvalue weighted by Crippen LogP contribution is -2.21. The van der Waals surface area contributed by atoms with Crippen molar-refractivity contribution in [2.24, 2.45) is 0 Å². The molecule has 0 aliphatic carbocycles. The zero-order valence-corrected chi connectivity index (χ0v) is 13.5. The van der Waals surface area contributed by atoms with Crippen molar-refractivity contribution in [1.82, 2.24) is 0 Å². The molecule has 0 fully saturated rings. The predicted octanol–water partition coefficient (Wildman–Crippen LogP) is 5.60. The van der Waals surface area contributed by atoms with Crippen LogP contribution >= 0.6 is 0 Å². The standard InChI is InChI=1S/C19H28O2/c1-3-4-5-6-7-8-9-12-15-19(2)17-14-11-10-13-16(17)18(20)21-19/h10-11,13-14H,3-9,12,15H2,1-2H3. The van der Waals surface area contributed by atoms with E-state index in [4.69, 9.17) is 4.74 Å². The Hall–Kier alpha value is -1.31. The van der Waals surface area contributed by atoms with Gasteiger partial charge in [0, 0.05) is 5.56 Å². The molecule has 116 valence electrons. The van der Waals surface area contributed by atoms with Crippen molar-refractivity contribution >= 4 is 5.97 Å². The number of benzene rings is 1. The Morgan fingerprint density at radius 2 is 1.57 bits per heavy atom. The molecule has 1 atom stereocenters. The maximum atomic E-state index is 11.9. The van der Waals surface area contributed by atoms with Crippen LogP contribution in [-0.2, 0) is 10.3 Å². The number of carbonyl (C=O) groups excluding carboxylic acids is 1. The number of fused-ring (bicyclic) bond motifs is 1. The first-order valence-corrected chi connectivity index (χ1v) is 8.50. The Morgan fingerprint density at radius 1 is 0.952 bits per heavy atom. The van der Waals surface area contributed by atoms with E-state index < -0.39 is 5.60 Å². The second kappa shape index (κ2) is 7.63. The van der Waals surface area contributed by atoms with Gasteiger partial charge in [-0.1, -0.05) is 70.1 Å². The van der Waals surface area contributed by atoms with Crippen LogP contribution in [0.1, 0.15) is 87.6 Å². The molecule has 0 N–H and O–H groups in total. The highest BCUT2D eigenvalue weighted by atomic mass is 16.6. The van der Waals surface area contributed by atoms with E-state index in [1.54, 1.807) is 0 Å². The fourth-order valence-corrected chi connectivity index (χ4v) is 3.22. The number of rotatable bonds is 9. The van der Waals surface area contributed by atoms with Gasteiger partial charge >= 0.3 is 5.97 Å². The quantitative estimate of drug-likeness (QED) is 0.436. The maximum Gasteiger partial charge on any atom is 0.339 e. The summed E-state index contributed by atoms with van der Waals surface area (Å²) in [7, 11) is 0. The van der Waals surface area contributed by atoms with Crippen LogP contribution in [0.5, 0.6) is 0 Å². The fraction of sp³-hybridized carbons (Fsp3) is 0.632. The summed E-state index contributed by atoms with van der Waals surface area (Å²) in [4.78, 5) is 11.9. The lowest BCUT2D eigenvalue weighted by atomic mass is 9.89. The van der Waals surface area contributed by atoms with E-state index in [9.17, 15) is 4.79 Å². The Bertz CT molecular complexity index is 466. The molecule has 0 radical (unpaired) electrons. The second-order valence-electron chi connectivity index (χ2n) is 6.39. The molecule has 2 rings (SSSR count). The zero-order valence-electron chi connectivity index (χ0n) is 13.5. The van der Waals surface area contributed by atoms with E-state index in [2.05, 4.69) is 13.8 Å². The molecule has 2 heteroatoms. The Balaban J connectivity index is 1.73. The highest BCUT2D eigenvalue weighted by molar-refractivity contribution is 5.94. The van der Waals surface area contributed by atoms with Crippen molar-refractivity contribution in [3.8, 4) is 0 Å². The van der Waals surface area contributed by atoms with Gasteiger partial charge in [0.25, 0.3) is 0 Å². The fourth-order valence-electron chi connectivity index (χ4n) is 3.22. The number of ether oxygens (including phenoxy) is 1. The van der Waals surface area contributed by atoms with Crippen molar-refractivity contribution < 1.29 is 9.53 Å². The Kier molecular flexibility index (Phi) is 5.84. The third-order valence-corrected chi connectivity index (χ3v) is 4.54. The smallest absolute Gasteiger partial charge is 0.339 e. The van der Waals surface area contributed by atoms with Crippen molar-refractivity contribution in [3.63, 3.8) is 0 Å². The van der Waals surface area contributed by atoms with Gasteiger partial charge in [0.2, 0.25) is 0 Å². The number of unbranched alkanes of at least 4 members (excludes halogenated alkanes) is 7. The highest BCUT2D eigenvalue weighted by Crippen LogP contribution is 2.39. The van der Waals surface area contributed by atoms with Crippen LogP contribution in [0.4, 0.5) is 0 Å². The van der Waals surface area contributed by atoms with Gasteiger partial charge < -0.3 is 4.74 Å². The molecule has 1 aliphatic rings. The molecule has 2 nitrogen and oxygen atoms in total. The Morgan fingerprint density at radius 3 is 2.29 bits per heavy atom. The van der Waals surface area contributed by atoms with Gasteiger partial charge in [-0.2, -0.15) is 0 Å². The van der Waals surface area contributed by atoms with Crippen LogP contribution in [-0.4, -0.2) is 5.97 Å². The summed E-state index contributed by atoms with van der Waals surface area (Å²) < 4.78 is 5.64. The van der Waals surface area contributed by atoms with Gasteiger partial charge in [-0.3, -0.25) is 0 Å². The van der Waals surface area contributed by atoms with Crippen molar-refractivity contribution in [2.45, 2.75) is 77.2 Å². The average Bonchev–Trinajstić information content (AvgIpc) is 2.74. The third kappa shape index (κ3) is 4.09. The summed E-state index contributed by atoms with van der Waals surface area (Å²) in [6.45, 7) is 4.30. The average molecular weight is 288 g/mol. The molecule has 21 heavy (non-hydrogen) atoms. The first-order valence-electron chi connectivity index (χ1n) is 8.50. The lowest BCUT2D eigenvalue weighted by Gasteiger charge is -2.24. The summed E-state index contributed by atoms with van der Waals surface area (Å²) in [5.74, 6) is -0.160. The normalized spacial score (nSPS) is 20.4. The first kappa shape index (κ1) is 16.1. The van der Waals surface area contributed by atoms with Gasteiger partial charge in [-0.05, 0) is 25.8 Å². The summed E-state index contributed by atoms with van der Waals surface area (Å²) in [5, 5.41) is 0. The SMILES string of the molecule is CCCCCCCCCCC1(C)OC(=O)c2ccccc21. The topological polar surface area (TPSA) is 26.3 Å². The molecule has 1 heterocycles. The van der Waals surface area contributed by atoms with Crippen molar-refractivity contribution in [1.29, 1.82) is 0 Å².